The molecule has 0 radical (unpaired) electrons. The standard InChI is InChI=1S/C15H11IN4O3S/c16-10-3-1-2-4-11(10)17-14(21)8-24-15-18-12-6-5-9(20(22)23)7-13(12)19-15/h1-7H,8H2,(H,17,21)(H,18,19). The summed E-state index contributed by atoms with van der Waals surface area (Å²) in [7, 11) is 0. The maximum Gasteiger partial charge on any atom is 0.271 e. The van der Waals surface area contributed by atoms with Crippen molar-refractivity contribution in [3.63, 3.8) is 0 Å². The predicted molar refractivity (Wildman–Crippen MR) is 101 cm³/mol. The maximum atomic E-state index is 12.0. The molecule has 24 heavy (non-hydrogen) atoms. The summed E-state index contributed by atoms with van der Waals surface area (Å²) >= 11 is 3.40. The number of imidazole rings is 1. The van der Waals surface area contributed by atoms with Crippen molar-refractivity contribution in [2.45, 2.75) is 5.16 Å². The van der Waals surface area contributed by atoms with Crippen LogP contribution >= 0.6 is 34.4 Å². The van der Waals surface area contributed by atoms with E-state index in [1.54, 1.807) is 6.07 Å². The number of carbonyl (C=O) groups excluding carboxylic acids is 1. The number of nitro groups is 1. The van der Waals surface area contributed by atoms with Crippen LogP contribution in [0.1, 0.15) is 0 Å². The molecule has 0 spiro atoms. The Hall–Kier alpha value is -2.14. The van der Waals surface area contributed by atoms with E-state index < -0.39 is 4.92 Å². The van der Waals surface area contributed by atoms with Crippen LogP contribution in [0.2, 0.25) is 0 Å². The van der Waals surface area contributed by atoms with Crippen LogP contribution in [0.3, 0.4) is 0 Å². The number of nitrogens with one attached hydrogen (secondary N) is 2. The van der Waals surface area contributed by atoms with Gasteiger partial charge >= 0.3 is 0 Å². The molecule has 9 heteroatoms. The van der Waals surface area contributed by atoms with Gasteiger partial charge in [0.15, 0.2) is 5.16 Å². The molecule has 1 aromatic heterocycles. The zero-order valence-corrected chi connectivity index (χ0v) is 15.1. The van der Waals surface area contributed by atoms with Crippen molar-refractivity contribution in [1.82, 2.24) is 9.97 Å². The van der Waals surface area contributed by atoms with Crippen LogP contribution in [0.4, 0.5) is 11.4 Å². The summed E-state index contributed by atoms with van der Waals surface area (Å²) in [5.41, 5.74) is 1.97. The fourth-order valence-electron chi connectivity index (χ4n) is 2.04. The molecule has 2 aromatic carbocycles. The summed E-state index contributed by atoms with van der Waals surface area (Å²) in [4.78, 5) is 29.7. The molecule has 7 nitrogen and oxygen atoms in total. The lowest BCUT2D eigenvalue weighted by Crippen LogP contribution is -2.14. The molecule has 1 amide bonds. The Labute approximate surface area is 154 Å². The number of hydrogen-bond donors (Lipinski definition) is 2. The van der Waals surface area contributed by atoms with Gasteiger partial charge in [-0.25, -0.2) is 4.98 Å². The lowest BCUT2D eigenvalue weighted by atomic mass is 10.3. The Bertz CT molecular complexity index is 928. The highest BCUT2D eigenvalue weighted by atomic mass is 127. The number of carbonyl (C=O) groups is 1. The number of aromatic amines is 1. The number of aromatic nitrogens is 2. The highest BCUT2D eigenvalue weighted by molar-refractivity contribution is 14.1. The van der Waals surface area contributed by atoms with Gasteiger partial charge in [-0.2, -0.15) is 0 Å². The number of amides is 1. The van der Waals surface area contributed by atoms with Gasteiger partial charge in [-0.15, -0.1) is 0 Å². The van der Waals surface area contributed by atoms with Gasteiger partial charge in [0, 0.05) is 15.7 Å². The Morgan fingerprint density at radius 2 is 2.12 bits per heavy atom. The molecule has 1 heterocycles. The van der Waals surface area contributed by atoms with Crippen LogP contribution in [0.5, 0.6) is 0 Å². The SMILES string of the molecule is O=C(CSc1nc2ccc([N+](=O)[O-])cc2[nH]1)Nc1ccccc1I. The number of hydrogen-bond acceptors (Lipinski definition) is 5. The summed E-state index contributed by atoms with van der Waals surface area (Å²) < 4.78 is 0.962. The Kier molecular flexibility index (Phi) is 5.00. The van der Waals surface area contributed by atoms with Crippen molar-refractivity contribution >= 4 is 62.7 Å². The van der Waals surface area contributed by atoms with E-state index in [0.717, 1.165) is 9.26 Å². The minimum Gasteiger partial charge on any atom is -0.333 e. The Morgan fingerprint density at radius 1 is 1.33 bits per heavy atom. The average molecular weight is 454 g/mol. The Balaban J connectivity index is 1.66. The van der Waals surface area contributed by atoms with Crippen molar-refractivity contribution in [2.24, 2.45) is 0 Å². The minimum absolute atomic E-state index is 0.000837. The number of H-pyrrole nitrogens is 1. The van der Waals surface area contributed by atoms with E-state index in [2.05, 4.69) is 37.9 Å². The van der Waals surface area contributed by atoms with E-state index in [4.69, 9.17) is 0 Å². The predicted octanol–water partition coefficient (Wildman–Crippen LogP) is 3.81. The third-order valence-electron chi connectivity index (χ3n) is 3.14. The van der Waals surface area contributed by atoms with Gasteiger partial charge < -0.3 is 10.3 Å². The van der Waals surface area contributed by atoms with E-state index >= 15 is 0 Å². The first kappa shape index (κ1) is 16.7. The number of benzene rings is 2. The maximum absolute atomic E-state index is 12.0. The summed E-state index contributed by atoms with van der Waals surface area (Å²) in [5.74, 6) is 0.0444. The van der Waals surface area contributed by atoms with E-state index in [-0.39, 0.29) is 17.3 Å². The van der Waals surface area contributed by atoms with Crippen LogP contribution < -0.4 is 5.32 Å². The van der Waals surface area contributed by atoms with E-state index in [0.29, 0.717) is 16.2 Å². The van der Waals surface area contributed by atoms with Gasteiger partial charge in [-0.3, -0.25) is 14.9 Å². The lowest BCUT2D eigenvalue weighted by molar-refractivity contribution is -0.384. The van der Waals surface area contributed by atoms with Crippen molar-refractivity contribution in [2.75, 3.05) is 11.1 Å². The number of anilines is 1. The lowest BCUT2D eigenvalue weighted by Gasteiger charge is -2.06. The first-order chi connectivity index (χ1) is 11.5. The molecule has 0 aliphatic rings. The number of thioether (sulfide) groups is 1. The van der Waals surface area contributed by atoms with Gasteiger partial charge in [-0.1, -0.05) is 23.9 Å². The highest BCUT2D eigenvalue weighted by Crippen LogP contribution is 2.23. The molecule has 3 rings (SSSR count). The molecule has 0 saturated heterocycles. The van der Waals surface area contributed by atoms with Gasteiger partial charge in [0.2, 0.25) is 5.91 Å². The van der Waals surface area contributed by atoms with E-state index in [1.807, 2.05) is 24.3 Å². The van der Waals surface area contributed by atoms with Gasteiger partial charge in [0.05, 0.1) is 27.4 Å². The second-order valence-electron chi connectivity index (χ2n) is 4.82. The zero-order chi connectivity index (χ0) is 17.1. The Morgan fingerprint density at radius 3 is 2.88 bits per heavy atom. The van der Waals surface area contributed by atoms with Crippen LogP contribution in [0.25, 0.3) is 11.0 Å². The molecule has 0 atom stereocenters. The van der Waals surface area contributed by atoms with Crippen LogP contribution in [0.15, 0.2) is 47.6 Å². The summed E-state index contributed by atoms with van der Waals surface area (Å²) in [6, 6.07) is 11.9. The smallest absolute Gasteiger partial charge is 0.271 e. The number of fused-ring (bicyclic) bond motifs is 1. The van der Waals surface area contributed by atoms with Gasteiger partial charge in [0.25, 0.3) is 5.69 Å². The number of rotatable bonds is 5. The summed E-state index contributed by atoms with van der Waals surface area (Å²) in [6.07, 6.45) is 0. The number of halogens is 1. The topological polar surface area (TPSA) is 101 Å². The third kappa shape index (κ3) is 3.85. The van der Waals surface area contributed by atoms with Crippen molar-refractivity contribution < 1.29 is 9.72 Å². The second kappa shape index (κ2) is 7.18. The summed E-state index contributed by atoms with van der Waals surface area (Å²) in [5, 5.41) is 14.2. The van der Waals surface area contributed by atoms with E-state index in [9.17, 15) is 14.9 Å². The largest absolute Gasteiger partial charge is 0.333 e. The second-order valence-corrected chi connectivity index (χ2v) is 6.94. The molecule has 0 saturated carbocycles. The number of non-ortho nitro benzene ring substituents is 1. The summed E-state index contributed by atoms with van der Waals surface area (Å²) in [6.45, 7) is 0. The zero-order valence-electron chi connectivity index (χ0n) is 12.2. The van der Waals surface area contributed by atoms with E-state index in [1.165, 1.54) is 23.9 Å². The molecule has 0 unspecified atom stereocenters. The van der Waals surface area contributed by atoms with Gasteiger partial charge in [0.1, 0.15) is 0 Å². The van der Waals surface area contributed by atoms with Crippen molar-refractivity contribution in [3.8, 4) is 0 Å². The number of para-hydroxylation sites is 1. The van der Waals surface area contributed by atoms with Crippen molar-refractivity contribution in [3.05, 3.63) is 56.1 Å². The average Bonchev–Trinajstić information content (AvgIpc) is 2.97. The third-order valence-corrected chi connectivity index (χ3v) is 4.96. The molecule has 3 aromatic rings. The van der Waals surface area contributed by atoms with Crippen molar-refractivity contribution in [1.29, 1.82) is 0 Å². The molecule has 2 N–H and O–H groups in total. The molecule has 0 bridgehead atoms. The molecular formula is C15H11IN4O3S. The normalized spacial score (nSPS) is 10.7. The van der Waals surface area contributed by atoms with Crippen LogP contribution in [0, 0.1) is 13.7 Å². The molecule has 0 aliphatic heterocycles. The molecular weight excluding hydrogens is 443 g/mol. The molecule has 0 fully saturated rings. The van der Waals surface area contributed by atoms with Crippen LogP contribution in [-0.2, 0) is 4.79 Å². The number of nitrogens with zero attached hydrogens (tertiary/aromatic N) is 2. The molecule has 122 valence electrons. The minimum atomic E-state index is -0.456. The van der Waals surface area contributed by atoms with Crippen LogP contribution in [-0.4, -0.2) is 26.6 Å². The number of nitro benzene ring substituents is 1. The highest BCUT2D eigenvalue weighted by Gasteiger charge is 2.11. The first-order valence-electron chi connectivity index (χ1n) is 6.84. The quantitative estimate of drug-likeness (QED) is 0.264. The van der Waals surface area contributed by atoms with Gasteiger partial charge in [-0.05, 0) is 40.8 Å². The fourth-order valence-corrected chi connectivity index (χ4v) is 3.25. The monoisotopic (exact) mass is 454 g/mol. The first-order valence-corrected chi connectivity index (χ1v) is 8.91. The fraction of sp³-hybridized carbons (Fsp3) is 0.0667. The molecule has 0 aliphatic carbocycles.